The zero-order valence-electron chi connectivity index (χ0n) is 8.77. The molecular weight excluding hydrogens is 204 g/mol. The summed E-state index contributed by atoms with van der Waals surface area (Å²) in [5.41, 5.74) is 2.43. The molecule has 0 saturated heterocycles. The Labute approximate surface area is 94.3 Å². The lowest BCUT2D eigenvalue weighted by molar-refractivity contribution is 0.320. The number of ether oxygens (including phenoxy) is 1. The quantitative estimate of drug-likeness (QED) is 0.747. The molecular formula is C13H14OS. The average Bonchev–Trinajstić information content (AvgIpc) is 2.75. The first-order chi connectivity index (χ1) is 7.42. The second-order valence-corrected chi connectivity index (χ2v) is 4.11. The van der Waals surface area contributed by atoms with E-state index in [1.54, 1.807) is 11.3 Å². The zero-order chi connectivity index (χ0) is 10.5. The Kier molecular flexibility index (Phi) is 3.41. The van der Waals surface area contributed by atoms with Crippen LogP contribution in [-0.2, 0) is 0 Å². The molecule has 2 aromatic rings. The fourth-order valence-corrected chi connectivity index (χ4v) is 2.21. The first-order valence-electron chi connectivity index (χ1n) is 5.16. The highest BCUT2D eigenvalue weighted by Gasteiger charge is 2.06. The van der Waals surface area contributed by atoms with E-state index in [4.69, 9.17) is 4.74 Å². The van der Waals surface area contributed by atoms with Crippen molar-refractivity contribution in [2.45, 2.75) is 13.3 Å². The third-order valence-electron chi connectivity index (χ3n) is 2.17. The van der Waals surface area contributed by atoms with Gasteiger partial charge in [-0.3, -0.25) is 0 Å². The van der Waals surface area contributed by atoms with E-state index in [1.807, 2.05) is 6.07 Å². The highest BCUT2D eigenvalue weighted by molar-refractivity contribution is 7.08. The van der Waals surface area contributed by atoms with E-state index in [0.29, 0.717) is 0 Å². The fraction of sp³-hybridized carbons (Fsp3) is 0.231. The van der Waals surface area contributed by atoms with Gasteiger partial charge in [0.25, 0.3) is 0 Å². The van der Waals surface area contributed by atoms with Gasteiger partial charge in [-0.2, -0.15) is 0 Å². The van der Waals surface area contributed by atoms with Gasteiger partial charge in [0.05, 0.1) is 6.61 Å². The molecule has 0 fully saturated rings. The molecule has 0 aliphatic heterocycles. The van der Waals surface area contributed by atoms with E-state index in [9.17, 15) is 0 Å². The smallest absolute Gasteiger partial charge is 0.137 e. The Morgan fingerprint density at radius 2 is 1.93 bits per heavy atom. The van der Waals surface area contributed by atoms with Crippen molar-refractivity contribution in [3.63, 3.8) is 0 Å². The molecule has 1 aromatic heterocycles. The minimum Gasteiger partial charge on any atom is -0.492 e. The van der Waals surface area contributed by atoms with Crippen LogP contribution in [0, 0.1) is 0 Å². The predicted molar refractivity (Wildman–Crippen MR) is 65.5 cm³/mol. The van der Waals surface area contributed by atoms with Crippen LogP contribution in [0.15, 0.2) is 41.1 Å². The third kappa shape index (κ3) is 2.39. The highest BCUT2D eigenvalue weighted by atomic mass is 32.1. The second-order valence-electron chi connectivity index (χ2n) is 3.36. The summed E-state index contributed by atoms with van der Waals surface area (Å²) in [6.07, 6.45) is 1.05. The Morgan fingerprint density at radius 3 is 2.67 bits per heavy atom. The Hall–Kier alpha value is -1.28. The van der Waals surface area contributed by atoms with Crippen molar-refractivity contribution in [2.24, 2.45) is 0 Å². The van der Waals surface area contributed by atoms with Gasteiger partial charge >= 0.3 is 0 Å². The molecule has 78 valence electrons. The van der Waals surface area contributed by atoms with Crippen LogP contribution in [0.2, 0.25) is 0 Å². The number of benzene rings is 1. The number of hydrogen-bond donors (Lipinski definition) is 0. The molecule has 0 N–H and O–H groups in total. The van der Waals surface area contributed by atoms with Crippen LogP contribution in [0.4, 0.5) is 0 Å². The summed E-state index contributed by atoms with van der Waals surface area (Å²) in [5, 5.41) is 4.21. The Morgan fingerprint density at radius 1 is 1.13 bits per heavy atom. The van der Waals surface area contributed by atoms with Crippen LogP contribution >= 0.6 is 11.3 Å². The maximum atomic E-state index is 5.69. The standard InChI is InChI=1S/C13H14OS/c1-2-8-14-13-10-15-9-12(13)11-6-4-3-5-7-11/h3-7,9-10H,2,8H2,1H3. The van der Waals surface area contributed by atoms with Gasteiger partial charge in [0.1, 0.15) is 5.75 Å². The summed E-state index contributed by atoms with van der Waals surface area (Å²) in [4.78, 5) is 0. The molecule has 0 unspecified atom stereocenters. The summed E-state index contributed by atoms with van der Waals surface area (Å²) >= 11 is 1.69. The fourth-order valence-electron chi connectivity index (χ4n) is 1.44. The van der Waals surface area contributed by atoms with Crippen molar-refractivity contribution in [3.05, 3.63) is 41.1 Å². The van der Waals surface area contributed by atoms with Crippen molar-refractivity contribution in [3.8, 4) is 16.9 Å². The molecule has 0 saturated carbocycles. The Balaban J connectivity index is 2.25. The second kappa shape index (κ2) is 4.99. The summed E-state index contributed by atoms with van der Waals surface area (Å²) < 4.78 is 5.69. The van der Waals surface area contributed by atoms with Crippen molar-refractivity contribution >= 4 is 11.3 Å². The number of rotatable bonds is 4. The van der Waals surface area contributed by atoms with E-state index in [0.717, 1.165) is 18.8 Å². The Bertz CT molecular complexity index is 405. The van der Waals surface area contributed by atoms with Crippen molar-refractivity contribution < 1.29 is 4.74 Å². The van der Waals surface area contributed by atoms with E-state index >= 15 is 0 Å². The summed E-state index contributed by atoms with van der Waals surface area (Å²) in [6, 6.07) is 10.4. The third-order valence-corrected chi connectivity index (χ3v) is 2.89. The normalized spacial score (nSPS) is 10.2. The van der Waals surface area contributed by atoms with Gasteiger partial charge < -0.3 is 4.74 Å². The lowest BCUT2D eigenvalue weighted by atomic mass is 10.1. The van der Waals surface area contributed by atoms with E-state index in [-0.39, 0.29) is 0 Å². The molecule has 0 radical (unpaired) electrons. The van der Waals surface area contributed by atoms with Crippen LogP contribution < -0.4 is 4.74 Å². The maximum Gasteiger partial charge on any atom is 0.137 e. The van der Waals surface area contributed by atoms with Gasteiger partial charge in [-0.1, -0.05) is 37.3 Å². The summed E-state index contributed by atoms with van der Waals surface area (Å²) in [6.45, 7) is 2.91. The van der Waals surface area contributed by atoms with Gasteiger partial charge in [-0.15, -0.1) is 11.3 Å². The van der Waals surface area contributed by atoms with Crippen LogP contribution in [0.25, 0.3) is 11.1 Å². The molecule has 0 aliphatic carbocycles. The first-order valence-corrected chi connectivity index (χ1v) is 6.10. The minimum absolute atomic E-state index is 0.788. The first kappa shape index (κ1) is 10.2. The van der Waals surface area contributed by atoms with Gasteiger partial charge in [0.2, 0.25) is 0 Å². The van der Waals surface area contributed by atoms with Crippen LogP contribution in [0.1, 0.15) is 13.3 Å². The van der Waals surface area contributed by atoms with Crippen LogP contribution in [0.3, 0.4) is 0 Å². The molecule has 0 atom stereocenters. The molecule has 0 spiro atoms. The summed E-state index contributed by atoms with van der Waals surface area (Å²) in [7, 11) is 0. The zero-order valence-corrected chi connectivity index (χ0v) is 9.59. The summed E-state index contributed by atoms with van der Waals surface area (Å²) in [5.74, 6) is 1.01. The molecule has 1 aromatic carbocycles. The van der Waals surface area contributed by atoms with E-state index in [2.05, 4.69) is 41.9 Å². The maximum absolute atomic E-state index is 5.69. The molecule has 1 heterocycles. The molecule has 0 bridgehead atoms. The van der Waals surface area contributed by atoms with Crippen molar-refractivity contribution in [1.82, 2.24) is 0 Å². The molecule has 15 heavy (non-hydrogen) atoms. The molecule has 2 heteroatoms. The van der Waals surface area contributed by atoms with E-state index < -0.39 is 0 Å². The number of thiophene rings is 1. The average molecular weight is 218 g/mol. The lowest BCUT2D eigenvalue weighted by Crippen LogP contribution is -1.94. The van der Waals surface area contributed by atoms with Gasteiger partial charge in [-0.05, 0) is 12.0 Å². The topological polar surface area (TPSA) is 9.23 Å². The van der Waals surface area contributed by atoms with Gasteiger partial charge in [0, 0.05) is 16.3 Å². The van der Waals surface area contributed by atoms with Crippen LogP contribution in [0.5, 0.6) is 5.75 Å². The van der Waals surface area contributed by atoms with E-state index in [1.165, 1.54) is 11.1 Å². The number of hydrogen-bond acceptors (Lipinski definition) is 2. The van der Waals surface area contributed by atoms with Crippen molar-refractivity contribution in [2.75, 3.05) is 6.61 Å². The lowest BCUT2D eigenvalue weighted by Gasteiger charge is -2.05. The van der Waals surface area contributed by atoms with Crippen LogP contribution in [-0.4, -0.2) is 6.61 Å². The van der Waals surface area contributed by atoms with Crippen molar-refractivity contribution in [1.29, 1.82) is 0 Å². The molecule has 1 nitrogen and oxygen atoms in total. The minimum atomic E-state index is 0.788. The predicted octanol–water partition coefficient (Wildman–Crippen LogP) is 4.20. The SMILES string of the molecule is CCCOc1cscc1-c1ccccc1. The monoisotopic (exact) mass is 218 g/mol. The highest BCUT2D eigenvalue weighted by Crippen LogP contribution is 2.33. The van der Waals surface area contributed by atoms with Gasteiger partial charge in [-0.25, -0.2) is 0 Å². The largest absolute Gasteiger partial charge is 0.492 e. The molecule has 2 rings (SSSR count). The molecule has 0 amide bonds. The van der Waals surface area contributed by atoms with Gasteiger partial charge in [0.15, 0.2) is 0 Å². The molecule has 0 aliphatic rings.